The Morgan fingerprint density at radius 1 is 1.16 bits per heavy atom. The predicted octanol–water partition coefficient (Wildman–Crippen LogP) is 2.39. The average molecular weight is 258 g/mol. The van der Waals surface area contributed by atoms with E-state index < -0.39 is 0 Å². The Balaban J connectivity index is 2.35. The Morgan fingerprint density at radius 3 is 2.32 bits per heavy atom. The Morgan fingerprint density at radius 2 is 1.79 bits per heavy atom. The van der Waals surface area contributed by atoms with E-state index in [9.17, 15) is 0 Å². The summed E-state index contributed by atoms with van der Waals surface area (Å²) in [4.78, 5) is 0. The van der Waals surface area contributed by atoms with Crippen LogP contribution in [0.1, 0.15) is 43.3 Å². The van der Waals surface area contributed by atoms with E-state index in [-0.39, 0.29) is 5.41 Å². The van der Waals surface area contributed by atoms with E-state index in [0.29, 0.717) is 6.54 Å². The maximum atomic E-state index is 5.76. The summed E-state index contributed by atoms with van der Waals surface area (Å²) >= 11 is 0. The first kappa shape index (κ1) is 13.7. The summed E-state index contributed by atoms with van der Waals surface area (Å²) in [5.74, 6) is 0. The minimum atomic E-state index is -0.0110. The van der Waals surface area contributed by atoms with Crippen LogP contribution >= 0.6 is 0 Å². The van der Waals surface area contributed by atoms with E-state index in [2.05, 4.69) is 62.3 Å². The van der Waals surface area contributed by atoms with Crippen molar-refractivity contribution in [3.63, 3.8) is 0 Å². The van der Waals surface area contributed by atoms with Gasteiger partial charge in [0.25, 0.3) is 0 Å². The van der Waals surface area contributed by atoms with E-state index >= 15 is 0 Å². The second-order valence-corrected chi connectivity index (χ2v) is 5.98. The highest BCUT2D eigenvalue weighted by atomic mass is 15.4. The average Bonchev–Trinajstić information content (AvgIpc) is 2.75. The minimum Gasteiger partial charge on any atom is -0.325 e. The predicted molar refractivity (Wildman–Crippen MR) is 76.9 cm³/mol. The van der Waals surface area contributed by atoms with Crippen LogP contribution in [0.3, 0.4) is 0 Å². The van der Waals surface area contributed by atoms with Crippen LogP contribution in [0.25, 0.3) is 0 Å². The van der Waals surface area contributed by atoms with Crippen molar-refractivity contribution in [2.75, 3.05) is 0 Å². The lowest BCUT2D eigenvalue weighted by atomic mass is 9.90. The molecule has 0 aliphatic rings. The summed E-state index contributed by atoms with van der Waals surface area (Å²) in [6, 6.07) is 8.50. The van der Waals surface area contributed by atoms with Gasteiger partial charge in [0, 0.05) is 12.0 Å². The third kappa shape index (κ3) is 3.01. The standard InChI is InChI=1S/C15H22N4/c1-11-5-7-12(8-6-11)10-19-14(15(2,3)4)13(9-16)17-18-19/h5-8H,9-10,16H2,1-4H3. The van der Waals surface area contributed by atoms with E-state index in [4.69, 9.17) is 5.73 Å². The molecule has 0 aliphatic carbocycles. The van der Waals surface area contributed by atoms with Crippen molar-refractivity contribution in [1.29, 1.82) is 0 Å². The third-order valence-corrected chi connectivity index (χ3v) is 3.16. The first-order valence-electron chi connectivity index (χ1n) is 6.60. The summed E-state index contributed by atoms with van der Waals surface area (Å²) in [6.07, 6.45) is 0. The SMILES string of the molecule is Cc1ccc(Cn2nnc(CN)c2C(C)(C)C)cc1. The van der Waals surface area contributed by atoms with Gasteiger partial charge in [0.05, 0.1) is 17.9 Å². The second-order valence-electron chi connectivity index (χ2n) is 5.98. The Labute approximate surface area is 114 Å². The second kappa shape index (κ2) is 5.13. The number of rotatable bonds is 3. The van der Waals surface area contributed by atoms with Crippen LogP contribution in [0, 0.1) is 6.92 Å². The van der Waals surface area contributed by atoms with E-state index in [0.717, 1.165) is 17.9 Å². The molecule has 1 heterocycles. The molecule has 1 aromatic carbocycles. The largest absolute Gasteiger partial charge is 0.325 e. The smallest absolute Gasteiger partial charge is 0.1000 e. The molecular formula is C15H22N4. The number of hydrogen-bond acceptors (Lipinski definition) is 3. The first-order valence-corrected chi connectivity index (χ1v) is 6.60. The number of nitrogens with two attached hydrogens (primary N) is 1. The van der Waals surface area contributed by atoms with Gasteiger partial charge in [0.2, 0.25) is 0 Å². The molecule has 0 amide bonds. The van der Waals surface area contributed by atoms with Gasteiger partial charge in [0.1, 0.15) is 0 Å². The lowest BCUT2D eigenvalue weighted by molar-refractivity contribution is 0.498. The van der Waals surface area contributed by atoms with Crippen LogP contribution in [-0.4, -0.2) is 15.0 Å². The number of nitrogens with zero attached hydrogens (tertiary/aromatic N) is 3. The Kier molecular flexibility index (Phi) is 3.71. The van der Waals surface area contributed by atoms with Gasteiger partial charge >= 0.3 is 0 Å². The Bertz CT molecular complexity index is 547. The fourth-order valence-electron chi connectivity index (χ4n) is 2.28. The third-order valence-electron chi connectivity index (χ3n) is 3.16. The monoisotopic (exact) mass is 258 g/mol. The van der Waals surface area contributed by atoms with Crippen molar-refractivity contribution in [2.45, 2.75) is 46.2 Å². The molecule has 0 saturated carbocycles. The van der Waals surface area contributed by atoms with Crippen molar-refractivity contribution >= 4 is 0 Å². The molecule has 0 bridgehead atoms. The molecule has 102 valence electrons. The normalized spacial score (nSPS) is 11.8. The summed E-state index contributed by atoms with van der Waals surface area (Å²) in [7, 11) is 0. The highest BCUT2D eigenvalue weighted by Gasteiger charge is 2.24. The summed E-state index contributed by atoms with van der Waals surface area (Å²) in [6.45, 7) is 9.75. The van der Waals surface area contributed by atoms with Crippen LogP contribution < -0.4 is 5.73 Å². The molecule has 0 fully saturated rings. The van der Waals surface area contributed by atoms with Gasteiger partial charge in [-0.25, -0.2) is 4.68 Å². The van der Waals surface area contributed by atoms with Crippen molar-refractivity contribution in [3.8, 4) is 0 Å². The number of benzene rings is 1. The van der Waals surface area contributed by atoms with E-state index in [1.807, 2.05) is 4.68 Å². The maximum absolute atomic E-state index is 5.76. The molecular weight excluding hydrogens is 236 g/mol. The molecule has 19 heavy (non-hydrogen) atoms. The number of hydrogen-bond donors (Lipinski definition) is 1. The molecule has 0 radical (unpaired) electrons. The highest BCUT2D eigenvalue weighted by Crippen LogP contribution is 2.25. The molecule has 2 aromatic rings. The minimum absolute atomic E-state index is 0.0110. The maximum Gasteiger partial charge on any atom is 0.1000 e. The van der Waals surface area contributed by atoms with Gasteiger partial charge in [0.15, 0.2) is 0 Å². The van der Waals surface area contributed by atoms with Crippen molar-refractivity contribution in [2.24, 2.45) is 5.73 Å². The van der Waals surface area contributed by atoms with Gasteiger partial charge < -0.3 is 5.73 Å². The molecule has 0 spiro atoms. The molecule has 0 atom stereocenters. The summed E-state index contributed by atoms with van der Waals surface area (Å²) in [5, 5.41) is 8.46. The molecule has 0 aliphatic heterocycles. The zero-order valence-electron chi connectivity index (χ0n) is 12.1. The first-order chi connectivity index (χ1) is 8.91. The van der Waals surface area contributed by atoms with Crippen LogP contribution in [0.15, 0.2) is 24.3 Å². The van der Waals surface area contributed by atoms with E-state index in [1.54, 1.807) is 0 Å². The lowest BCUT2D eigenvalue weighted by Crippen LogP contribution is -2.21. The van der Waals surface area contributed by atoms with Crippen molar-refractivity contribution < 1.29 is 0 Å². The molecule has 2 N–H and O–H groups in total. The van der Waals surface area contributed by atoms with Crippen LogP contribution in [0.2, 0.25) is 0 Å². The van der Waals surface area contributed by atoms with Gasteiger partial charge in [-0.2, -0.15) is 0 Å². The quantitative estimate of drug-likeness (QED) is 0.919. The molecule has 0 saturated heterocycles. The van der Waals surface area contributed by atoms with Crippen LogP contribution in [0.4, 0.5) is 0 Å². The molecule has 4 nitrogen and oxygen atoms in total. The topological polar surface area (TPSA) is 56.7 Å². The van der Waals surface area contributed by atoms with Crippen molar-refractivity contribution in [1.82, 2.24) is 15.0 Å². The zero-order chi connectivity index (χ0) is 14.0. The van der Waals surface area contributed by atoms with Crippen molar-refractivity contribution in [3.05, 3.63) is 46.8 Å². The fourth-order valence-corrected chi connectivity index (χ4v) is 2.28. The van der Waals surface area contributed by atoms with Crippen LogP contribution in [0.5, 0.6) is 0 Å². The lowest BCUT2D eigenvalue weighted by Gasteiger charge is -2.21. The molecule has 2 rings (SSSR count). The van der Waals surface area contributed by atoms with Gasteiger partial charge in [-0.05, 0) is 12.5 Å². The summed E-state index contributed by atoms with van der Waals surface area (Å²) < 4.78 is 1.97. The van der Waals surface area contributed by atoms with Gasteiger partial charge in [-0.3, -0.25) is 0 Å². The number of aryl methyl sites for hydroxylation is 1. The summed E-state index contributed by atoms with van der Waals surface area (Å²) in [5.41, 5.74) is 10.2. The highest BCUT2D eigenvalue weighted by molar-refractivity contribution is 5.24. The van der Waals surface area contributed by atoms with Crippen LogP contribution in [-0.2, 0) is 18.5 Å². The van der Waals surface area contributed by atoms with E-state index in [1.165, 1.54) is 11.1 Å². The van der Waals surface area contributed by atoms with Gasteiger partial charge in [-0.15, -0.1) is 5.10 Å². The fraction of sp³-hybridized carbons (Fsp3) is 0.467. The number of aromatic nitrogens is 3. The molecule has 1 aromatic heterocycles. The zero-order valence-corrected chi connectivity index (χ0v) is 12.1. The van der Waals surface area contributed by atoms with Gasteiger partial charge in [-0.1, -0.05) is 55.8 Å². The molecule has 4 heteroatoms. The molecule has 0 unspecified atom stereocenters. The Hall–Kier alpha value is -1.68.